The molecule has 0 bridgehead atoms. The van der Waals surface area contributed by atoms with E-state index in [1.165, 1.54) is 0 Å². The van der Waals surface area contributed by atoms with Crippen LogP contribution >= 0.6 is 11.6 Å². The van der Waals surface area contributed by atoms with Gasteiger partial charge >= 0.3 is 5.76 Å². The highest BCUT2D eigenvalue weighted by molar-refractivity contribution is 6.30. The van der Waals surface area contributed by atoms with E-state index in [1.807, 2.05) is 34.9 Å². The summed E-state index contributed by atoms with van der Waals surface area (Å²) >= 11 is 5.96. The number of nitrogens with zero attached hydrogens (tertiary/aromatic N) is 3. The Balaban J connectivity index is 1.82. The molecule has 3 heterocycles. The number of hydrogen-bond acceptors (Lipinski definition) is 3. The van der Waals surface area contributed by atoms with E-state index in [0.29, 0.717) is 17.2 Å². The molecular formula is C15H10ClN3O2. The van der Waals surface area contributed by atoms with Crippen molar-refractivity contribution in [3.63, 3.8) is 0 Å². The molecule has 104 valence electrons. The molecule has 0 fully saturated rings. The topological polar surface area (TPSA) is 52.4 Å². The van der Waals surface area contributed by atoms with Crippen LogP contribution in [0.2, 0.25) is 5.02 Å². The fourth-order valence-electron chi connectivity index (χ4n) is 2.42. The third-order valence-corrected chi connectivity index (χ3v) is 3.58. The van der Waals surface area contributed by atoms with Gasteiger partial charge in [0, 0.05) is 12.4 Å². The van der Waals surface area contributed by atoms with Crippen molar-refractivity contribution >= 4 is 28.3 Å². The second-order valence-electron chi connectivity index (χ2n) is 4.77. The van der Waals surface area contributed by atoms with Gasteiger partial charge in [0.05, 0.1) is 22.8 Å². The number of para-hydroxylation sites is 2. The van der Waals surface area contributed by atoms with Crippen LogP contribution in [0, 0.1) is 0 Å². The highest BCUT2D eigenvalue weighted by atomic mass is 35.5. The van der Waals surface area contributed by atoms with E-state index in [9.17, 15) is 4.79 Å². The van der Waals surface area contributed by atoms with Gasteiger partial charge in [-0.05, 0) is 24.3 Å². The predicted octanol–water partition coefficient (Wildman–Crippen LogP) is 2.94. The lowest BCUT2D eigenvalue weighted by Crippen LogP contribution is -2.14. The maximum absolute atomic E-state index is 12.0. The Bertz CT molecular complexity index is 1010. The Morgan fingerprint density at radius 2 is 2.00 bits per heavy atom. The van der Waals surface area contributed by atoms with Crippen LogP contribution in [0.15, 0.2) is 58.0 Å². The zero-order valence-corrected chi connectivity index (χ0v) is 11.6. The average Bonchev–Trinajstić information content (AvgIpc) is 3.00. The molecule has 0 spiro atoms. The molecule has 0 N–H and O–H groups in total. The van der Waals surface area contributed by atoms with E-state index in [-0.39, 0.29) is 5.76 Å². The van der Waals surface area contributed by atoms with Gasteiger partial charge in [0.25, 0.3) is 0 Å². The molecule has 5 nitrogen and oxygen atoms in total. The second-order valence-corrected chi connectivity index (χ2v) is 5.20. The van der Waals surface area contributed by atoms with Crippen LogP contribution in [0.25, 0.3) is 16.7 Å². The normalized spacial score (nSPS) is 11.5. The van der Waals surface area contributed by atoms with Gasteiger partial charge in [-0.1, -0.05) is 23.7 Å². The molecular weight excluding hydrogens is 290 g/mol. The number of rotatable bonds is 2. The molecule has 3 aromatic heterocycles. The minimum atomic E-state index is -0.383. The Labute approximate surface area is 124 Å². The van der Waals surface area contributed by atoms with E-state index >= 15 is 0 Å². The summed E-state index contributed by atoms with van der Waals surface area (Å²) in [7, 11) is 0. The fourth-order valence-corrected chi connectivity index (χ4v) is 2.59. The number of oxazole rings is 1. The summed E-state index contributed by atoms with van der Waals surface area (Å²) in [5.41, 5.74) is 2.90. The monoisotopic (exact) mass is 299 g/mol. The Hall–Kier alpha value is -2.53. The molecule has 1 aromatic carbocycles. The molecule has 4 rings (SSSR count). The minimum absolute atomic E-state index is 0.356. The van der Waals surface area contributed by atoms with Crippen molar-refractivity contribution in [3.05, 3.63) is 70.1 Å². The number of fused-ring (bicyclic) bond motifs is 2. The van der Waals surface area contributed by atoms with E-state index in [2.05, 4.69) is 4.98 Å². The van der Waals surface area contributed by atoms with Gasteiger partial charge in [-0.2, -0.15) is 0 Å². The minimum Gasteiger partial charge on any atom is -0.408 e. The molecule has 0 radical (unpaired) electrons. The molecule has 4 aromatic rings. The zero-order chi connectivity index (χ0) is 14.4. The van der Waals surface area contributed by atoms with Crippen molar-refractivity contribution < 1.29 is 4.42 Å². The Morgan fingerprint density at radius 1 is 1.14 bits per heavy atom. The van der Waals surface area contributed by atoms with Crippen molar-refractivity contribution in [1.29, 1.82) is 0 Å². The fraction of sp³-hybridized carbons (Fsp3) is 0.0667. The van der Waals surface area contributed by atoms with Crippen LogP contribution < -0.4 is 5.76 Å². The quantitative estimate of drug-likeness (QED) is 0.572. The van der Waals surface area contributed by atoms with Crippen LogP contribution in [0.1, 0.15) is 5.69 Å². The zero-order valence-electron chi connectivity index (χ0n) is 10.9. The summed E-state index contributed by atoms with van der Waals surface area (Å²) in [4.78, 5) is 16.4. The Morgan fingerprint density at radius 3 is 2.90 bits per heavy atom. The number of halogens is 1. The highest BCUT2D eigenvalue weighted by Gasteiger charge is 2.11. The molecule has 0 amide bonds. The van der Waals surface area contributed by atoms with E-state index in [4.69, 9.17) is 16.0 Å². The number of pyridine rings is 1. The maximum Gasteiger partial charge on any atom is 0.420 e. The SMILES string of the molecule is O=c1oc2ccccc2n1Cc1cn2cc(Cl)ccc2n1. The van der Waals surface area contributed by atoms with Gasteiger partial charge in [-0.15, -0.1) is 0 Å². The van der Waals surface area contributed by atoms with Gasteiger partial charge in [-0.3, -0.25) is 4.57 Å². The molecule has 0 unspecified atom stereocenters. The maximum atomic E-state index is 12.0. The summed E-state index contributed by atoms with van der Waals surface area (Å²) < 4.78 is 8.62. The molecule has 0 aliphatic rings. The van der Waals surface area contributed by atoms with Crippen LogP contribution in [0.4, 0.5) is 0 Å². The van der Waals surface area contributed by atoms with Crippen LogP contribution in [0.5, 0.6) is 0 Å². The van der Waals surface area contributed by atoms with Crippen molar-refractivity contribution in [2.24, 2.45) is 0 Å². The van der Waals surface area contributed by atoms with Gasteiger partial charge in [-0.25, -0.2) is 9.78 Å². The van der Waals surface area contributed by atoms with Gasteiger partial charge in [0.2, 0.25) is 0 Å². The van der Waals surface area contributed by atoms with Gasteiger partial charge < -0.3 is 8.82 Å². The van der Waals surface area contributed by atoms with Crippen molar-refractivity contribution in [1.82, 2.24) is 14.0 Å². The highest BCUT2D eigenvalue weighted by Crippen LogP contribution is 2.15. The van der Waals surface area contributed by atoms with Crippen LogP contribution in [-0.4, -0.2) is 14.0 Å². The number of benzene rings is 1. The van der Waals surface area contributed by atoms with Gasteiger partial charge in [0.1, 0.15) is 5.65 Å². The Kier molecular flexibility index (Phi) is 2.62. The predicted molar refractivity (Wildman–Crippen MR) is 79.8 cm³/mol. The number of imidazole rings is 1. The number of aromatic nitrogens is 3. The third kappa shape index (κ3) is 2.02. The largest absolute Gasteiger partial charge is 0.420 e. The molecule has 6 heteroatoms. The van der Waals surface area contributed by atoms with E-state index < -0.39 is 0 Å². The summed E-state index contributed by atoms with van der Waals surface area (Å²) in [6.45, 7) is 0.356. The standard InChI is InChI=1S/C15H10ClN3O2/c16-10-5-6-14-17-11(8-18(14)7-10)9-19-12-3-1-2-4-13(12)21-15(19)20/h1-8H,9H2. The van der Waals surface area contributed by atoms with Crippen molar-refractivity contribution in [3.8, 4) is 0 Å². The summed E-state index contributed by atoms with van der Waals surface area (Å²) in [6.07, 6.45) is 3.64. The second kappa shape index (κ2) is 4.49. The van der Waals surface area contributed by atoms with Crippen LogP contribution in [0.3, 0.4) is 0 Å². The summed E-state index contributed by atoms with van der Waals surface area (Å²) in [5.74, 6) is -0.383. The number of hydrogen-bond donors (Lipinski definition) is 0. The first kappa shape index (κ1) is 12.2. The molecule has 0 atom stereocenters. The van der Waals surface area contributed by atoms with Crippen LogP contribution in [-0.2, 0) is 6.54 Å². The molecule has 0 saturated carbocycles. The molecule has 0 saturated heterocycles. The average molecular weight is 300 g/mol. The lowest BCUT2D eigenvalue weighted by Gasteiger charge is -1.97. The summed E-state index contributed by atoms with van der Waals surface area (Å²) in [6, 6.07) is 11.0. The van der Waals surface area contributed by atoms with E-state index in [0.717, 1.165) is 16.9 Å². The first-order valence-corrected chi connectivity index (χ1v) is 6.80. The van der Waals surface area contributed by atoms with Gasteiger partial charge in [0.15, 0.2) is 5.58 Å². The lowest BCUT2D eigenvalue weighted by molar-refractivity contribution is 0.516. The third-order valence-electron chi connectivity index (χ3n) is 3.36. The van der Waals surface area contributed by atoms with E-state index in [1.54, 1.807) is 22.9 Å². The smallest absolute Gasteiger partial charge is 0.408 e. The molecule has 0 aliphatic carbocycles. The van der Waals surface area contributed by atoms with Crippen molar-refractivity contribution in [2.75, 3.05) is 0 Å². The first-order chi connectivity index (χ1) is 10.2. The van der Waals surface area contributed by atoms with Crippen molar-refractivity contribution in [2.45, 2.75) is 6.54 Å². The molecule has 21 heavy (non-hydrogen) atoms. The summed E-state index contributed by atoms with van der Waals surface area (Å²) in [5, 5.41) is 0.636. The first-order valence-electron chi connectivity index (χ1n) is 6.42. The molecule has 0 aliphatic heterocycles. The lowest BCUT2D eigenvalue weighted by atomic mass is 10.3.